The molecule has 2 aliphatic heterocycles. The second kappa shape index (κ2) is 6.61. The summed E-state index contributed by atoms with van der Waals surface area (Å²) in [4.78, 5) is 15.5. The molecule has 10 heteroatoms. The van der Waals surface area contributed by atoms with E-state index >= 15 is 0 Å². The third-order valence-corrected chi connectivity index (χ3v) is 5.96. The number of halogens is 3. The molecule has 1 amide bonds. The molecule has 1 spiro atoms. The first kappa shape index (κ1) is 18.5. The molecule has 0 unspecified atom stereocenters. The van der Waals surface area contributed by atoms with Gasteiger partial charge in [-0.15, -0.1) is 11.3 Å². The lowest BCUT2D eigenvalue weighted by Gasteiger charge is -2.37. The molecule has 2 aromatic rings. The average molecular weight is 401 g/mol. The minimum atomic E-state index is -4.47. The first-order chi connectivity index (χ1) is 12.8. The predicted molar refractivity (Wildman–Crippen MR) is 91.3 cm³/mol. The first-order valence-corrected chi connectivity index (χ1v) is 9.38. The Morgan fingerprint density at radius 1 is 1.22 bits per heavy atom. The van der Waals surface area contributed by atoms with Crippen LogP contribution in [0.2, 0.25) is 0 Å². The normalized spacial score (nSPS) is 19.8. The zero-order valence-corrected chi connectivity index (χ0v) is 15.4. The number of thiophene rings is 1. The van der Waals surface area contributed by atoms with Crippen LogP contribution in [0.25, 0.3) is 10.6 Å². The van der Waals surface area contributed by atoms with Crippen LogP contribution in [0.5, 0.6) is 0 Å². The van der Waals surface area contributed by atoms with Crippen LogP contribution in [0.3, 0.4) is 0 Å². The van der Waals surface area contributed by atoms with E-state index in [4.69, 9.17) is 9.47 Å². The monoisotopic (exact) mass is 401 g/mol. The van der Waals surface area contributed by atoms with Crippen LogP contribution < -0.4 is 0 Å². The Bertz CT molecular complexity index is 845. The molecule has 4 heterocycles. The maximum Gasteiger partial charge on any atom is 0.433 e. The van der Waals surface area contributed by atoms with Crippen molar-refractivity contribution in [2.24, 2.45) is 7.05 Å². The van der Waals surface area contributed by atoms with Gasteiger partial charge in [0.15, 0.2) is 5.79 Å². The van der Waals surface area contributed by atoms with E-state index < -0.39 is 17.7 Å². The largest absolute Gasteiger partial charge is 0.433 e. The van der Waals surface area contributed by atoms with Gasteiger partial charge in [0.2, 0.25) is 0 Å². The number of aromatic nitrogens is 2. The molecule has 4 rings (SSSR count). The molecule has 146 valence electrons. The lowest BCUT2D eigenvalue weighted by Crippen LogP contribution is -2.47. The molecular formula is C17H18F3N3O3S. The average Bonchev–Trinajstić information content (AvgIpc) is 3.34. The number of alkyl halides is 3. The van der Waals surface area contributed by atoms with Crippen molar-refractivity contribution in [3.05, 3.63) is 28.8 Å². The molecule has 0 radical (unpaired) electrons. The minimum Gasteiger partial charge on any atom is -0.347 e. The van der Waals surface area contributed by atoms with Gasteiger partial charge in [-0.2, -0.15) is 18.3 Å². The fraction of sp³-hybridized carbons (Fsp3) is 0.529. The zero-order valence-electron chi connectivity index (χ0n) is 14.6. The number of amides is 1. The van der Waals surface area contributed by atoms with Crippen LogP contribution in [0.1, 0.15) is 28.2 Å². The van der Waals surface area contributed by atoms with E-state index in [1.165, 1.54) is 7.05 Å². The fourth-order valence-corrected chi connectivity index (χ4v) is 4.37. The number of piperidine rings is 1. The molecule has 0 aromatic carbocycles. The van der Waals surface area contributed by atoms with Gasteiger partial charge >= 0.3 is 6.18 Å². The number of likely N-dealkylation sites (tertiary alicyclic amines) is 1. The van der Waals surface area contributed by atoms with Crippen molar-refractivity contribution in [3.8, 4) is 10.6 Å². The molecule has 0 aliphatic carbocycles. The Morgan fingerprint density at radius 3 is 2.48 bits per heavy atom. The number of rotatable bonds is 2. The van der Waals surface area contributed by atoms with E-state index in [0.717, 1.165) is 22.1 Å². The van der Waals surface area contributed by atoms with E-state index in [9.17, 15) is 18.0 Å². The Labute approximate surface area is 157 Å². The lowest BCUT2D eigenvalue weighted by molar-refractivity contribution is -0.181. The van der Waals surface area contributed by atoms with Crippen molar-refractivity contribution < 1.29 is 27.4 Å². The van der Waals surface area contributed by atoms with Gasteiger partial charge in [0.1, 0.15) is 11.4 Å². The second-order valence-corrected chi connectivity index (χ2v) is 7.68. The number of nitrogens with zero attached hydrogens (tertiary/aromatic N) is 3. The van der Waals surface area contributed by atoms with Gasteiger partial charge in [0.25, 0.3) is 5.91 Å². The number of hydrogen-bond donors (Lipinski definition) is 0. The molecule has 0 N–H and O–H groups in total. The van der Waals surface area contributed by atoms with E-state index in [0.29, 0.717) is 48.9 Å². The summed E-state index contributed by atoms with van der Waals surface area (Å²) in [5, 5.41) is 3.93. The van der Waals surface area contributed by atoms with Crippen molar-refractivity contribution in [2.45, 2.75) is 24.8 Å². The highest BCUT2D eigenvalue weighted by molar-refractivity contribution is 7.17. The van der Waals surface area contributed by atoms with Gasteiger partial charge in [-0.05, 0) is 18.2 Å². The highest BCUT2D eigenvalue weighted by Crippen LogP contribution is 2.35. The number of hydrogen-bond acceptors (Lipinski definition) is 5. The van der Waals surface area contributed by atoms with Crippen molar-refractivity contribution in [3.63, 3.8) is 0 Å². The summed E-state index contributed by atoms with van der Waals surface area (Å²) in [6, 6.07) is 4.27. The molecular weight excluding hydrogens is 383 g/mol. The van der Waals surface area contributed by atoms with Crippen LogP contribution in [-0.2, 0) is 22.7 Å². The molecule has 2 aromatic heterocycles. The van der Waals surface area contributed by atoms with Gasteiger partial charge in [0.05, 0.1) is 23.0 Å². The van der Waals surface area contributed by atoms with Gasteiger partial charge in [-0.25, -0.2) is 0 Å². The summed E-state index contributed by atoms with van der Waals surface area (Å²) in [5.74, 6) is -0.689. The van der Waals surface area contributed by atoms with E-state index in [1.54, 1.807) is 17.0 Å². The Morgan fingerprint density at radius 2 is 1.89 bits per heavy atom. The number of ether oxygens (including phenoxy) is 2. The van der Waals surface area contributed by atoms with Gasteiger partial charge in [0, 0.05) is 33.0 Å². The van der Waals surface area contributed by atoms with Crippen molar-refractivity contribution >= 4 is 17.2 Å². The van der Waals surface area contributed by atoms with Crippen molar-refractivity contribution in [1.82, 2.24) is 14.7 Å². The highest BCUT2D eigenvalue weighted by Gasteiger charge is 2.41. The molecule has 0 bridgehead atoms. The van der Waals surface area contributed by atoms with Crippen LogP contribution in [0.15, 0.2) is 18.2 Å². The van der Waals surface area contributed by atoms with Gasteiger partial charge in [-0.1, -0.05) is 0 Å². The highest BCUT2D eigenvalue weighted by atomic mass is 32.1. The summed E-state index contributed by atoms with van der Waals surface area (Å²) < 4.78 is 50.9. The fourth-order valence-electron chi connectivity index (χ4n) is 3.44. The zero-order chi connectivity index (χ0) is 19.2. The van der Waals surface area contributed by atoms with Crippen molar-refractivity contribution in [1.29, 1.82) is 0 Å². The number of aryl methyl sites for hydroxylation is 1. The Hall–Kier alpha value is -1.91. The molecule has 2 fully saturated rings. The maximum absolute atomic E-state index is 12.9. The van der Waals surface area contributed by atoms with Gasteiger partial charge < -0.3 is 14.4 Å². The van der Waals surface area contributed by atoms with Gasteiger partial charge in [-0.3, -0.25) is 9.48 Å². The molecule has 6 nitrogen and oxygen atoms in total. The standard InChI is InChI=1S/C17H18F3N3O3S/c1-22-14(17(18,19)20)10-11(21-22)12-2-3-13(27-12)15(24)23-6-4-16(5-7-23)25-8-9-26-16/h2-3,10H,4-9H2,1H3. The van der Waals surface area contributed by atoms with Crippen LogP contribution >= 0.6 is 11.3 Å². The summed E-state index contributed by atoms with van der Waals surface area (Å²) in [7, 11) is 1.25. The van der Waals surface area contributed by atoms with Crippen LogP contribution in [0, 0.1) is 0 Å². The SMILES string of the molecule is Cn1nc(-c2ccc(C(=O)N3CCC4(CC3)OCCO4)s2)cc1C(F)(F)F. The molecule has 2 aliphatic rings. The smallest absolute Gasteiger partial charge is 0.347 e. The topological polar surface area (TPSA) is 56.6 Å². The Balaban J connectivity index is 1.47. The third kappa shape index (κ3) is 3.48. The van der Waals surface area contributed by atoms with Crippen LogP contribution in [-0.4, -0.2) is 52.7 Å². The minimum absolute atomic E-state index is 0.133. The summed E-state index contributed by atoms with van der Waals surface area (Å²) >= 11 is 1.15. The van der Waals surface area contributed by atoms with E-state index in [-0.39, 0.29) is 11.6 Å². The summed E-state index contributed by atoms with van der Waals surface area (Å²) in [6.07, 6.45) is -3.23. The summed E-state index contributed by atoms with van der Waals surface area (Å²) in [5.41, 5.74) is -0.615. The second-order valence-electron chi connectivity index (χ2n) is 6.60. The molecule has 0 saturated carbocycles. The predicted octanol–water partition coefficient (Wildman–Crippen LogP) is 3.15. The molecule has 0 atom stereocenters. The van der Waals surface area contributed by atoms with Crippen molar-refractivity contribution in [2.75, 3.05) is 26.3 Å². The van der Waals surface area contributed by atoms with E-state index in [2.05, 4.69) is 5.10 Å². The van der Waals surface area contributed by atoms with E-state index in [1.807, 2.05) is 0 Å². The number of carbonyl (C=O) groups is 1. The third-order valence-electron chi connectivity index (χ3n) is 4.87. The molecule has 2 saturated heterocycles. The number of carbonyl (C=O) groups excluding carboxylic acids is 1. The summed E-state index contributed by atoms with van der Waals surface area (Å²) in [6.45, 7) is 2.19. The lowest BCUT2D eigenvalue weighted by atomic mass is 10.0. The first-order valence-electron chi connectivity index (χ1n) is 8.56. The molecule has 27 heavy (non-hydrogen) atoms. The quantitative estimate of drug-likeness (QED) is 0.776. The maximum atomic E-state index is 12.9. The Kier molecular flexibility index (Phi) is 4.52. The van der Waals surface area contributed by atoms with Crippen LogP contribution in [0.4, 0.5) is 13.2 Å².